The van der Waals surface area contributed by atoms with Gasteiger partial charge in [0.05, 0.1) is 0 Å². The van der Waals surface area contributed by atoms with Crippen molar-refractivity contribution >= 4 is 5.84 Å². The third kappa shape index (κ3) is 2.54. The molecule has 0 bridgehead atoms. The van der Waals surface area contributed by atoms with E-state index in [1.165, 1.54) is 19.2 Å². The van der Waals surface area contributed by atoms with Crippen molar-refractivity contribution in [2.75, 3.05) is 7.05 Å². The van der Waals surface area contributed by atoms with Gasteiger partial charge in [0.2, 0.25) is 0 Å². The highest BCUT2D eigenvalue weighted by Crippen LogP contribution is 1.86. The van der Waals surface area contributed by atoms with Crippen LogP contribution in [-0.2, 0) is 0 Å². The SMILES string of the molecule is C=C/C=C(/O)C(N)=NC. The summed E-state index contributed by atoms with van der Waals surface area (Å²) in [5.41, 5.74) is 5.19. The van der Waals surface area contributed by atoms with Crippen LogP contribution in [0.1, 0.15) is 0 Å². The third-order valence-corrected chi connectivity index (χ3v) is 0.779. The lowest BCUT2D eigenvalue weighted by Gasteiger charge is -1.93. The van der Waals surface area contributed by atoms with Gasteiger partial charge >= 0.3 is 0 Å². The van der Waals surface area contributed by atoms with E-state index >= 15 is 0 Å². The Labute approximate surface area is 54.2 Å². The number of hydrogen-bond acceptors (Lipinski definition) is 2. The van der Waals surface area contributed by atoms with Crippen molar-refractivity contribution in [3.8, 4) is 0 Å². The Morgan fingerprint density at radius 2 is 2.33 bits per heavy atom. The number of aliphatic imine (C=N–C) groups is 1. The van der Waals surface area contributed by atoms with Gasteiger partial charge in [-0.05, 0) is 6.08 Å². The molecule has 0 aromatic carbocycles. The van der Waals surface area contributed by atoms with Crippen LogP contribution in [0.3, 0.4) is 0 Å². The molecule has 50 valence electrons. The molecule has 9 heavy (non-hydrogen) atoms. The standard InChI is InChI=1S/C6H10N2O/c1-3-4-5(9)6(7)8-2/h3-4,9H,1H2,2H3,(H2,7,8)/b5-4+. The van der Waals surface area contributed by atoms with Crippen LogP contribution >= 0.6 is 0 Å². The summed E-state index contributed by atoms with van der Waals surface area (Å²) in [4.78, 5) is 3.54. The van der Waals surface area contributed by atoms with Crippen LogP contribution in [0.25, 0.3) is 0 Å². The van der Waals surface area contributed by atoms with Gasteiger partial charge in [-0.3, -0.25) is 4.99 Å². The van der Waals surface area contributed by atoms with E-state index < -0.39 is 0 Å². The molecule has 0 aliphatic carbocycles. The topological polar surface area (TPSA) is 58.6 Å². The Balaban J connectivity index is 4.19. The number of rotatable bonds is 2. The van der Waals surface area contributed by atoms with Crippen LogP contribution in [0.5, 0.6) is 0 Å². The average molecular weight is 126 g/mol. The molecule has 0 amide bonds. The fourth-order valence-electron chi connectivity index (χ4n) is 0.312. The van der Waals surface area contributed by atoms with Crippen molar-refractivity contribution in [3.05, 3.63) is 24.5 Å². The van der Waals surface area contributed by atoms with E-state index in [-0.39, 0.29) is 11.6 Å². The lowest BCUT2D eigenvalue weighted by molar-refractivity contribution is 0.442. The number of nitrogens with two attached hydrogens (primary N) is 1. The molecule has 0 heterocycles. The Bertz CT molecular complexity index is 158. The second kappa shape index (κ2) is 3.72. The van der Waals surface area contributed by atoms with Crippen molar-refractivity contribution in [2.24, 2.45) is 10.7 Å². The number of aliphatic hydroxyl groups excluding tert-OH is 1. The molecule has 0 rings (SSSR count). The molecule has 3 nitrogen and oxygen atoms in total. The van der Waals surface area contributed by atoms with Gasteiger partial charge in [0, 0.05) is 7.05 Å². The second-order valence-corrected chi connectivity index (χ2v) is 1.40. The molecule has 0 atom stereocenters. The molecule has 0 saturated heterocycles. The molecule has 0 saturated carbocycles. The quantitative estimate of drug-likeness (QED) is 0.246. The summed E-state index contributed by atoms with van der Waals surface area (Å²) in [5.74, 6) is 0.0717. The Morgan fingerprint density at radius 1 is 1.78 bits per heavy atom. The van der Waals surface area contributed by atoms with Crippen LogP contribution in [-0.4, -0.2) is 18.0 Å². The molecule has 0 aromatic rings. The minimum atomic E-state index is -0.0486. The lowest BCUT2D eigenvalue weighted by atomic mass is 10.4. The van der Waals surface area contributed by atoms with Crippen molar-refractivity contribution in [2.45, 2.75) is 0 Å². The van der Waals surface area contributed by atoms with Crippen LogP contribution in [0.15, 0.2) is 29.5 Å². The largest absolute Gasteiger partial charge is 0.504 e. The first-order valence-electron chi connectivity index (χ1n) is 2.46. The fourth-order valence-corrected chi connectivity index (χ4v) is 0.312. The zero-order chi connectivity index (χ0) is 7.28. The predicted molar refractivity (Wildman–Crippen MR) is 38.5 cm³/mol. The number of nitrogens with zero attached hydrogens (tertiary/aromatic N) is 1. The normalized spacial score (nSPS) is 13.4. The molecule has 0 aliphatic heterocycles. The Hall–Kier alpha value is -1.25. The van der Waals surface area contributed by atoms with Gasteiger partial charge in [-0.25, -0.2) is 0 Å². The van der Waals surface area contributed by atoms with E-state index in [0.29, 0.717) is 0 Å². The second-order valence-electron chi connectivity index (χ2n) is 1.40. The smallest absolute Gasteiger partial charge is 0.160 e. The molecule has 3 N–H and O–H groups in total. The Kier molecular flexibility index (Phi) is 3.20. The van der Waals surface area contributed by atoms with Crippen LogP contribution in [0.4, 0.5) is 0 Å². The first-order valence-corrected chi connectivity index (χ1v) is 2.46. The maximum absolute atomic E-state index is 8.85. The number of hydrogen-bond donors (Lipinski definition) is 2. The van der Waals surface area contributed by atoms with E-state index in [4.69, 9.17) is 10.8 Å². The first kappa shape index (κ1) is 7.75. The predicted octanol–water partition coefficient (Wildman–Crippen LogP) is 0.601. The van der Waals surface area contributed by atoms with E-state index in [1.807, 2.05) is 0 Å². The van der Waals surface area contributed by atoms with Crippen LogP contribution in [0.2, 0.25) is 0 Å². The molecular weight excluding hydrogens is 116 g/mol. The lowest BCUT2D eigenvalue weighted by Crippen LogP contribution is -2.13. The fraction of sp³-hybridized carbons (Fsp3) is 0.167. The van der Waals surface area contributed by atoms with Gasteiger partial charge in [-0.1, -0.05) is 12.7 Å². The van der Waals surface area contributed by atoms with Crippen molar-refractivity contribution in [1.82, 2.24) is 0 Å². The molecule has 0 aliphatic rings. The summed E-state index contributed by atoms with van der Waals surface area (Å²) in [6.45, 7) is 3.37. The zero-order valence-corrected chi connectivity index (χ0v) is 5.33. The number of amidine groups is 1. The molecule has 0 unspecified atom stereocenters. The molecule has 0 spiro atoms. The van der Waals surface area contributed by atoms with E-state index in [2.05, 4.69) is 11.6 Å². The van der Waals surface area contributed by atoms with Crippen molar-refractivity contribution in [3.63, 3.8) is 0 Å². The Morgan fingerprint density at radius 3 is 2.67 bits per heavy atom. The summed E-state index contributed by atoms with van der Waals surface area (Å²) in [5, 5.41) is 8.85. The number of aliphatic hydroxyl groups is 1. The molecule has 0 radical (unpaired) electrons. The van der Waals surface area contributed by atoms with E-state index in [9.17, 15) is 0 Å². The highest BCUT2D eigenvalue weighted by molar-refractivity contribution is 5.94. The first-order chi connectivity index (χ1) is 4.22. The van der Waals surface area contributed by atoms with Gasteiger partial charge in [0.25, 0.3) is 0 Å². The summed E-state index contributed by atoms with van der Waals surface area (Å²) >= 11 is 0. The highest BCUT2D eigenvalue weighted by Gasteiger charge is 1.92. The minimum Gasteiger partial charge on any atom is -0.504 e. The molecule has 0 aromatic heterocycles. The molecule has 3 heteroatoms. The summed E-state index contributed by atoms with van der Waals surface area (Å²) in [6.07, 6.45) is 2.82. The molecule has 0 fully saturated rings. The average Bonchev–Trinajstić information content (AvgIpc) is 1.87. The summed E-state index contributed by atoms with van der Waals surface area (Å²) < 4.78 is 0. The van der Waals surface area contributed by atoms with Crippen molar-refractivity contribution in [1.29, 1.82) is 0 Å². The maximum Gasteiger partial charge on any atom is 0.160 e. The maximum atomic E-state index is 8.85. The van der Waals surface area contributed by atoms with Gasteiger partial charge in [0.1, 0.15) is 0 Å². The van der Waals surface area contributed by atoms with Gasteiger partial charge in [-0.2, -0.15) is 0 Å². The summed E-state index contributed by atoms with van der Waals surface area (Å²) in [6, 6.07) is 0. The minimum absolute atomic E-state index is 0.0486. The zero-order valence-electron chi connectivity index (χ0n) is 5.33. The van der Waals surface area contributed by atoms with E-state index in [0.717, 1.165) is 0 Å². The van der Waals surface area contributed by atoms with Gasteiger partial charge < -0.3 is 10.8 Å². The third-order valence-electron chi connectivity index (χ3n) is 0.779. The molecular formula is C6H10N2O. The number of allylic oxidation sites excluding steroid dienone is 2. The van der Waals surface area contributed by atoms with Gasteiger partial charge in [-0.15, -0.1) is 0 Å². The summed E-state index contributed by atoms with van der Waals surface area (Å²) in [7, 11) is 1.50. The highest BCUT2D eigenvalue weighted by atomic mass is 16.3. The van der Waals surface area contributed by atoms with Crippen LogP contribution in [0, 0.1) is 0 Å². The van der Waals surface area contributed by atoms with Crippen molar-refractivity contribution < 1.29 is 5.11 Å². The van der Waals surface area contributed by atoms with Gasteiger partial charge in [0.15, 0.2) is 11.6 Å². The van der Waals surface area contributed by atoms with Crippen LogP contribution < -0.4 is 5.73 Å². The van der Waals surface area contributed by atoms with E-state index in [1.54, 1.807) is 0 Å². The monoisotopic (exact) mass is 126 g/mol.